The number of hydrogen-bond donors (Lipinski definition) is 1. The van der Waals surface area contributed by atoms with Crippen molar-refractivity contribution in [3.63, 3.8) is 0 Å². The molecule has 2 aromatic carbocycles. The fourth-order valence-corrected chi connectivity index (χ4v) is 2.58. The molecule has 3 rings (SSSR count). The predicted octanol–water partition coefficient (Wildman–Crippen LogP) is 3.24. The van der Waals surface area contributed by atoms with Crippen molar-refractivity contribution < 1.29 is 0 Å². The first-order valence-corrected chi connectivity index (χ1v) is 7.41. The third kappa shape index (κ3) is 2.67. The van der Waals surface area contributed by atoms with Crippen LogP contribution in [0.3, 0.4) is 0 Å². The number of anilines is 1. The van der Waals surface area contributed by atoms with Gasteiger partial charge >= 0.3 is 0 Å². The van der Waals surface area contributed by atoms with Gasteiger partial charge in [0.2, 0.25) is 0 Å². The molecule has 5 nitrogen and oxygen atoms in total. The van der Waals surface area contributed by atoms with E-state index in [2.05, 4.69) is 50.5 Å². The molecule has 1 aromatic heterocycles. The van der Waals surface area contributed by atoms with Crippen LogP contribution in [0, 0.1) is 0 Å². The van der Waals surface area contributed by atoms with Crippen molar-refractivity contribution in [1.29, 1.82) is 0 Å². The van der Waals surface area contributed by atoms with Gasteiger partial charge in [0, 0.05) is 15.7 Å². The molecule has 21 heavy (non-hydrogen) atoms. The van der Waals surface area contributed by atoms with E-state index in [0.717, 1.165) is 22.1 Å². The van der Waals surface area contributed by atoms with Crippen LogP contribution in [0.5, 0.6) is 0 Å². The number of aryl methyl sites for hydroxylation is 1. The lowest BCUT2D eigenvalue weighted by Crippen LogP contribution is -2.01. The van der Waals surface area contributed by atoms with E-state index in [1.807, 2.05) is 30.3 Å². The molecule has 0 radical (unpaired) electrons. The normalized spacial score (nSPS) is 10.8. The number of rotatable bonds is 3. The number of nitrogen functional groups attached to an aromatic ring is 1. The molecular weight excluding hydrogens is 330 g/mol. The molecule has 1 heterocycles. The SMILES string of the molecule is CCc1cccc(-n2nnnc2-c2cc(N)ccc2Br)c1. The number of tetrazole rings is 1. The molecule has 6 heteroatoms. The van der Waals surface area contributed by atoms with Gasteiger partial charge in [-0.3, -0.25) is 0 Å². The van der Waals surface area contributed by atoms with Crippen molar-refractivity contribution >= 4 is 21.6 Å². The summed E-state index contributed by atoms with van der Waals surface area (Å²) < 4.78 is 2.62. The maximum absolute atomic E-state index is 5.87. The van der Waals surface area contributed by atoms with Crippen LogP contribution in [0.2, 0.25) is 0 Å². The molecule has 0 atom stereocenters. The molecule has 0 unspecified atom stereocenters. The number of nitrogens with two attached hydrogens (primary N) is 1. The van der Waals surface area contributed by atoms with E-state index in [1.165, 1.54) is 5.56 Å². The number of nitrogens with zero attached hydrogens (tertiary/aromatic N) is 4. The summed E-state index contributed by atoms with van der Waals surface area (Å²) in [6.45, 7) is 2.12. The lowest BCUT2D eigenvalue weighted by Gasteiger charge is -2.08. The molecule has 2 N–H and O–H groups in total. The smallest absolute Gasteiger partial charge is 0.188 e. The fourth-order valence-electron chi connectivity index (χ4n) is 2.15. The number of hydrogen-bond acceptors (Lipinski definition) is 4. The highest BCUT2D eigenvalue weighted by atomic mass is 79.9. The summed E-state index contributed by atoms with van der Waals surface area (Å²) in [5, 5.41) is 12.0. The number of halogens is 1. The molecule has 0 saturated carbocycles. The van der Waals surface area contributed by atoms with Gasteiger partial charge in [0.25, 0.3) is 0 Å². The minimum Gasteiger partial charge on any atom is -0.399 e. The summed E-state index contributed by atoms with van der Waals surface area (Å²) in [6, 6.07) is 13.7. The zero-order chi connectivity index (χ0) is 14.8. The van der Waals surface area contributed by atoms with E-state index in [-0.39, 0.29) is 0 Å². The first-order chi connectivity index (χ1) is 10.2. The topological polar surface area (TPSA) is 69.6 Å². The standard InChI is InChI=1S/C15H14BrN5/c1-2-10-4-3-5-12(8-10)21-15(18-19-20-21)13-9-11(17)6-7-14(13)16/h3-9H,2,17H2,1H3. The van der Waals surface area contributed by atoms with Gasteiger partial charge in [0.1, 0.15) is 0 Å². The zero-order valence-corrected chi connectivity index (χ0v) is 13.1. The highest BCUT2D eigenvalue weighted by Crippen LogP contribution is 2.29. The highest BCUT2D eigenvalue weighted by Gasteiger charge is 2.14. The van der Waals surface area contributed by atoms with Gasteiger partial charge in [0.15, 0.2) is 5.82 Å². The van der Waals surface area contributed by atoms with Gasteiger partial charge in [-0.2, -0.15) is 4.68 Å². The average molecular weight is 344 g/mol. The molecule has 0 saturated heterocycles. The summed E-state index contributed by atoms with van der Waals surface area (Å²) in [5.41, 5.74) is 9.57. The third-order valence-electron chi connectivity index (χ3n) is 3.26. The summed E-state index contributed by atoms with van der Waals surface area (Å²) in [4.78, 5) is 0. The molecule has 3 aromatic rings. The van der Waals surface area contributed by atoms with Crippen LogP contribution in [-0.2, 0) is 6.42 Å². The average Bonchev–Trinajstić information content (AvgIpc) is 2.99. The minimum atomic E-state index is 0.655. The van der Waals surface area contributed by atoms with Gasteiger partial charge in [0.05, 0.1) is 5.69 Å². The Kier molecular flexibility index (Phi) is 3.70. The Morgan fingerprint density at radius 2 is 2.05 bits per heavy atom. The first kappa shape index (κ1) is 13.8. The van der Waals surface area contributed by atoms with Crippen molar-refractivity contribution in [1.82, 2.24) is 20.2 Å². The molecule has 0 bridgehead atoms. The molecule has 0 fully saturated rings. The Bertz CT molecular complexity index is 781. The molecule has 0 aliphatic carbocycles. The number of benzene rings is 2. The van der Waals surface area contributed by atoms with Gasteiger partial charge in [-0.15, -0.1) is 5.10 Å². The van der Waals surface area contributed by atoms with Crippen molar-refractivity contribution in [2.45, 2.75) is 13.3 Å². The van der Waals surface area contributed by atoms with Crippen LogP contribution < -0.4 is 5.73 Å². The Hall–Kier alpha value is -2.21. The lowest BCUT2D eigenvalue weighted by molar-refractivity contribution is 0.790. The second-order valence-electron chi connectivity index (χ2n) is 4.68. The minimum absolute atomic E-state index is 0.655. The van der Waals surface area contributed by atoms with Crippen LogP contribution in [0.15, 0.2) is 46.9 Å². The van der Waals surface area contributed by atoms with E-state index in [0.29, 0.717) is 11.5 Å². The Balaban J connectivity index is 2.14. The van der Waals surface area contributed by atoms with Crippen LogP contribution in [0.25, 0.3) is 17.1 Å². The largest absolute Gasteiger partial charge is 0.399 e. The van der Waals surface area contributed by atoms with Crippen molar-refractivity contribution in [3.8, 4) is 17.1 Å². The second-order valence-corrected chi connectivity index (χ2v) is 5.53. The van der Waals surface area contributed by atoms with E-state index < -0.39 is 0 Å². The molecule has 0 aliphatic heterocycles. The maximum Gasteiger partial charge on any atom is 0.188 e. The summed E-state index contributed by atoms with van der Waals surface area (Å²) in [7, 11) is 0. The van der Waals surface area contributed by atoms with Crippen LogP contribution in [0.1, 0.15) is 12.5 Å². The van der Waals surface area contributed by atoms with Crippen molar-refractivity contribution in [2.24, 2.45) is 0 Å². The van der Waals surface area contributed by atoms with Gasteiger partial charge in [-0.05, 0) is 52.7 Å². The van der Waals surface area contributed by atoms with Gasteiger partial charge in [-0.1, -0.05) is 35.0 Å². The van der Waals surface area contributed by atoms with Crippen molar-refractivity contribution in [2.75, 3.05) is 5.73 Å². The predicted molar refractivity (Wildman–Crippen MR) is 86.1 cm³/mol. The van der Waals surface area contributed by atoms with E-state index in [9.17, 15) is 0 Å². The molecular formula is C15H14BrN5. The summed E-state index contributed by atoms with van der Waals surface area (Å²) in [6.07, 6.45) is 0.966. The van der Waals surface area contributed by atoms with E-state index >= 15 is 0 Å². The van der Waals surface area contributed by atoms with Crippen LogP contribution >= 0.6 is 15.9 Å². The van der Waals surface area contributed by atoms with E-state index in [1.54, 1.807) is 4.68 Å². The first-order valence-electron chi connectivity index (χ1n) is 6.62. The molecule has 106 valence electrons. The number of aromatic nitrogens is 4. The van der Waals surface area contributed by atoms with E-state index in [4.69, 9.17) is 5.73 Å². The maximum atomic E-state index is 5.87. The Morgan fingerprint density at radius 1 is 1.19 bits per heavy atom. The monoisotopic (exact) mass is 343 g/mol. The second kappa shape index (κ2) is 5.65. The van der Waals surface area contributed by atoms with Crippen LogP contribution in [0.4, 0.5) is 5.69 Å². The Morgan fingerprint density at radius 3 is 2.86 bits per heavy atom. The zero-order valence-electron chi connectivity index (χ0n) is 11.5. The Labute approximate surface area is 130 Å². The fraction of sp³-hybridized carbons (Fsp3) is 0.133. The molecule has 0 amide bonds. The third-order valence-corrected chi connectivity index (χ3v) is 3.96. The summed E-state index contributed by atoms with van der Waals surface area (Å²) >= 11 is 3.52. The van der Waals surface area contributed by atoms with Gasteiger partial charge < -0.3 is 5.73 Å². The van der Waals surface area contributed by atoms with Crippen LogP contribution in [-0.4, -0.2) is 20.2 Å². The highest BCUT2D eigenvalue weighted by molar-refractivity contribution is 9.10. The lowest BCUT2D eigenvalue weighted by atomic mass is 10.1. The summed E-state index contributed by atoms with van der Waals surface area (Å²) in [5.74, 6) is 0.655. The molecule has 0 aliphatic rings. The molecule has 0 spiro atoms. The van der Waals surface area contributed by atoms with Crippen molar-refractivity contribution in [3.05, 3.63) is 52.5 Å². The van der Waals surface area contributed by atoms with Gasteiger partial charge in [-0.25, -0.2) is 0 Å². The quantitative estimate of drug-likeness (QED) is 0.741.